The molecular formula is C17H32N4O5. The average Bonchev–Trinajstić information content (AvgIpc) is 3.32. The number of carbonyl (C=O) groups is 3. The minimum Gasteiger partial charge on any atom is -0.464 e. The number of amides is 2. The van der Waals surface area contributed by atoms with Crippen molar-refractivity contribution < 1.29 is 23.9 Å². The maximum atomic E-state index is 12.6. The summed E-state index contributed by atoms with van der Waals surface area (Å²) in [5.41, 5.74) is 10.8. The molecule has 0 aromatic rings. The van der Waals surface area contributed by atoms with E-state index in [-0.39, 0.29) is 12.5 Å². The molecule has 0 aromatic carbocycles. The minimum absolute atomic E-state index is 0.190. The Hall–Kier alpha value is -1.71. The minimum atomic E-state index is -1.47. The molecule has 9 heteroatoms. The van der Waals surface area contributed by atoms with E-state index in [1.165, 1.54) is 0 Å². The fourth-order valence-electron chi connectivity index (χ4n) is 2.28. The van der Waals surface area contributed by atoms with Crippen molar-refractivity contribution in [3.05, 3.63) is 0 Å². The van der Waals surface area contributed by atoms with E-state index >= 15 is 0 Å². The Morgan fingerprint density at radius 2 is 1.77 bits per heavy atom. The van der Waals surface area contributed by atoms with Gasteiger partial charge in [0.15, 0.2) is 12.2 Å². The molecule has 1 aliphatic rings. The molecule has 1 heterocycles. The summed E-state index contributed by atoms with van der Waals surface area (Å²) in [6, 6.07) is -1.16. The Morgan fingerprint density at radius 1 is 1.15 bits per heavy atom. The van der Waals surface area contributed by atoms with Gasteiger partial charge in [-0.05, 0) is 25.2 Å². The highest BCUT2D eigenvalue weighted by atomic mass is 16.6. The smallest absolute Gasteiger partial charge is 0.338 e. The van der Waals surface area contributed by atoms with Gasteiger partial charge in [-0.25, -0.2) is 4.79 Å². The molecule has 9 nitrogen and oxygen atoms in total. The van der Waals surface area contributed by atoms with Crippen molar-refractivity contribution in [1.29, 1.82) is 0 Å². The van der Waals surface area contributed by atoms with Crippen LogP contribution in [0.3, 0.4) is 0 Å². The van der Waals surface area contributed by atoms with Crippen LogP contribution in [-0.2, 0) is 23.9 Å². The number of esters is 1. The molecule has 0 radical (unpaired) electrons. The number of nitrogens with two attached hydrogens (primary N) is 2. The molecule has 1 rings (SSSR count). The van der Waals surface area contributed by atoms with Crippen LogP contribution in [0.1, 0.15) is 41.0 Å². The second-order valence-electron chi connectivity index (χ2n) is 7.30. The van der Waals surface area contributed by atoms with Gasteiger partial charge in [-0.1, -0.05) is 27.7 Å². The van der Waals surface area contributed by atoms with E-state index in [9.17, 15) is 14.4 Å². The summed E-state index contributed by atoms with van der Waals surface area (Å²) < 4.78 is 9.87. The Kier molecular flexibility index (Phi) is 7.98. The predicted molar refractivity (Wildman–Crippen MR) is 95.6 cm³/mol. The van der Waals surface area contributed by atoms with Crippen molar-refractivity contribution in [3.8, 4) is 0 Å². The van der Waals surface area contributed by atoms with Crippen LogP contribution in [0, 0.1) is 11.8 Å². The van der Waals surface area contributed by atoms with Gasteiger partial charge < -0.3 is 31.6 Å². The van der Waals surface area contributed by atoms with Crippen molar-refractivity contribution in [2.24, 2.45) is 23.3 Å². The normalized spacial score (nSPS) is 20.7. The lowest BCUT2D eigenvalue weighted by Crippen LogP contribution is -2.72. The second-order valence-corrected chi connectivity index (χ2v) is 7.30. The van der Waals surface area contributed by atoms with Gasteiger partial charge in [0.25, 0.3) is 5.91 Å². The number of ether oxygens (including phenoxy) is 2. The topological polar surface area (TPSA) is 149 Å². The fraction of sp³-hybridized carbons (Fsp3) is 0.824. The molecule has 3 unspecified atom stereocenters. The van der Waals surface area contributed by atoms with Crippen molar-refractivity contribution in [1.82, 2.24) is 10.6 Å². The molecule has 3 atom stereocenters. The standard InChI is InChI=1S/C17H32N4O5/c1-6-25-16(24)12-11(26-12)14(22)21-13(17(18,19)10(4)5)15(23)20-8-7-9(2)3/h9-13H,6-8,18-19H2,1-5H3,(H,20,23)(H,21,22). The lowest BCUT2D eigenvalue weighted by molar-refractivity contribution is -0.144. The number of hydrogen-bond acceptors (Lipinski definition) is 7. The van der Waals surface area contributed by atoms with Gasteiger partial charge in [0.05, 0.1) is 12.3 Å². The molecule has 26 heavy (non-hydrogen) atoms. The SMILES string of the molecule is CCOC(=O)C1OC1C(=O)NC(C(=O)NCCC(C)C)C(N)(N)C(C)C. The van der Waals surface area contributed by atoms with Crippen molar-refractivity contribution in [2.75, 3.05) is 13.2 Å². The van der Waals surface area contributed by atoms with Gasteiger partial charge >= 0.3 is 5.97 Å². The fourth-order valence-corrected chi connectivity index (χ4v) is 2.28. The molecule has 0 aromatic heterocycles. The van der Waals surface area contributed by atoms with Crippen LogP contribution in [0.15, 0.2) is 0 Å². The third-order valence-corrected chi connectivity index (χ3v) is 4.34. The van der Waals surface area contributed by atoms with E-state index in [0.29, 0.717) is 12.5 Å². The molecule has 1 saturated heterocycles. The number of rotatable bonds is 10. The Labute approximate surface area is 154 Å². The third kappa shape index (κ3) is 5.93. The summed E-state index contributed by atoms with van der Waals surface area (Å²) in [4.78, 5) is 36.5. The zero-order chi connectivity index (χ0) is 20.1. The summed E-state index contributed by atoms with van der Waals surface area (Å²) in [7, 11) is 0. The van der Waals surface area contributed by atoms with Gasteiger partial charge in [-0.3, -0.25) is 9.59 Å². The van der Waals surface area contributed by atoms with E-state index < -0.39 is 41.7 Å². The first kappa shape index (κ1) is 22.3. The molecule has 0 bridgehead atoms. The molecule has 6 N–H and O–H groups in total. The maximum absolute atomic E-state index is 12.6. The van der Waals surface area contributed by atoms with Crippen LogP contribution in [0.5, 0.6) is 0 Å². The maximum Gasteiger partial charge on any atom is 0.338 e. The number of hydrogen-bond donors (Lipinski definition) is 4. The highest BCUT2D eigenvalue weighted by Crippen LogP contribution is 2.24. The molecular weight excluding hydrogens is 340 g/mol. The summed E-state index contributed by atoms with van der Waals surface area (Å²) in [5, 5.41) is 5.28. The highest BCUT2D eigenvalue weighted by Gasteiger charge is 2.53. The molecule has 1 fully saturated rings. The molecule has 0 saturated carbocycles. The number of nitrogens with one attached hydrogen (secondary N) is 2. The van der Waals surface area contributed by atoms with Crippen LogP contribution in [0.4, 0.5) is 0 Å². The largest absolute Gasteiger partial charge is 0.464 e. The van der Waals surface area contributed by atoms with Gasteiger partial charge in [0.1, 0.15) is 6.04 Å². The lowest BCUT2D eigenvalue weighted by atomic mass is 9.89. The zero-order valence-corrected chi connectivity index (χ0v) is 16.2. The second kappa shape index (κ2) is 9.29. The quantitative estimate of drug-likeness (QED) is 0.223. The summed E-state index contributed by atoms with van der Waals surface area (Å²) in [6.07, 6.45) is -1.17. The van der Waals surface area contributed by atoms with E-state index in [1.54, 1.807) is 20.8 Å². The van der Waals surface area contributed by atoms with E-state index in [4.69, 9.17) is 20.9 Å². The van der Waals surface area contributed by atoms with Crippen LogP contribution in [0.25, 0.3) is 0 Å². The lowest BCUT2D eigenvalue weighted by Gasteiger charge is -2.36. The van der Waals surface area contributed by atoms with Crippen molar-refractivity contribution in [2.45, 2.75) is 65.0 Å². The van der Waals surface area contributed by atoms with Crippen LogP contribution < -0.4 is 22.1 Å². The average molecular weight is 372 g/mol. The van der Waals surface area contributed by atoms with Gasteiger partial charge in [0.2, 0.25) is 5.91 Å². The van der Waals surface area contributed by atoms with Crippen LogP contribution >= 0.6 is 0 Å². The van der Waals surface area contributed by atoms with Gasteiger partial charge in [0, 0.05) is 6.54 Å². The number of carbonyl (C=O) groups excluding carboxylic acids is 3. The summed E-state index contributed by atoms with van der Waals surface area (Å²) in [5.74, 6) is -1.57. The van der Waals surface area contributed by atoms with Crippen LogP contribution in [0.2, 0.25) is 0 Å². The first-order valence-electron chi connectivity index (χ1n) is 9.00. The van der Waals surface area contributed by atoms with Crippen molar-refractivity contribution >= 4 is 17.8 Å². The third-order valence-electron chi connectivity index (χ3n) is 4.34. The highest BCUT2D eigenvalue weighted by molar-refractivity contribution is 5.96. The van der Waals surface area contributed by atoms with E-state index in [2.05, 4.69) is 10.6 Å². The zero-order valence-electron chi connectivity index (χ0n) is 16.2. The Bertz CT molecular complexity index is 521. The van der Waals surface area contributed by atoms with E-state index in [1.807, 2.05) is 13.8 Å². The summed E-state index contributed by atoms with van der Waals surface area (Å²) in [6.45, 7) is 9.89. The molecule has 0 spiro atoms. The van der Waals surface area contributed by atoms with Gasteiger partial charge in [-0.15, -0.1) is 0 Å². The summed E-state index contributed by atoms with van der Waals surface area (Å²) >= 11 is 0. The molecule has 150 valence electrons. The molecule has 1 aliphatic heterocycles. The Balaban J connectivity index is 2.75. The number of epoxide rings is 1. The predicted octanol–water partition coefficient (Wildman–Crippen LogP) is -0.766. The Morgan fingerprint density at radius 3 is 2.27 bits per heavy atom. The van der Waals surface area contributed by atoms with E-state index in [0.717, 1.165) is 6.42 Å². The molecule has 0 aliphatic carbocycles. The van der Waals surface area contributed by atoms with Crippen LogP contribution in [-0.4, -0.2) is 54.8 Å². The first-order chi connectivity index (χ1) is 12.0. The van der Waals surface area contributed by atoms with Gasteiger partial charge in [-0.2, -0.15) is 0 Å². The van der Waals surface area contributed by atoms with Crippen molar-refractivity contribution in [3.63, 3.8) is 0 Å². The monoisotopic (exact) mass is 372 g/mol. The molecule has 2 amide bonds. The first-order valence-corrected chi connectivity index (χ1v) is 9.00.